The number of amides is 1. The highest BCUT2D eigenvalue weighted by atomic mass is 79.9. The second-order valence-corrected chi connectivity index (χ2v) is 8.15. The zero-order valence-electron chi connectivity index (χ0n) is 13.1. The molecule has 2 aliphatic carbocycles. The molecule has 7 heteroatoms. The van der Waals surface area contributed by atoms with Crippen LogP contribution < -0.4 is 5.32 Å². The summed E-state index contributed by atoms with van der Waals surface area (Å²) in [4.78, 5) is 28.7. The van der Waals surface area contributed by atoms with Gasteiger partial charge in [0.2, 0.25) is 5.91 Å². The molecule has 1 aromatic carbocycles. The van der Waals surface area contributed by atoms with Crippen LogP contribution in [0.3, 0.4) is 0 Å². The van der Waals surface area contributed by atoms with Crippen molar-refractivity contribution >= 4 is 44.3 Å². The lowest BCUT2D eigenvalue weighted by Gasteiger charge is -2.23. The van der Waals surface area contributed by atoms with Crippen molar-refractivity contribution in [1.82, 2.24) is 4.98 Å². The third-order valence-electron chi connectivity index (χ3n) is 4.92. The molecular formula is C18H15BrN2O3S. The third kappa shape index (κ3) is 3.02. The third-order valence-corrected chi connectivity index (χ3v) is 6.21. The fourth-order valence-corrected chi connectivity index (χ4v) is 4.78. The summed E-state index contributed by atoms with van der Waals surface area (Å²) in [6.45, 7) is 0. The van der Waals surface area contributed by atoms with E-state index in [0.717, 1.165) is 22.2 Å². The Morgan fingerprint density at radius 2 is 1.84 bits per heavy atom. The molecule has 4 unspecified atom stereocenters. The van der Waals surface area contributed by atoms with Crippen LogP contribution in [-0.2, 0) is 9.59 Å². The minimum Gasteiger partial charge on any atom is -0.481 e. The van der Waals surface area contributed by atoms with Gasteiger partial charge in [0.1, 0.15) is 0 Å². The molecule has 1 heterocycles. The minimum atomic E-state index is -0.897. The highest BCUT2D eigenvalue weighted by Gasteiger charge is 2.51. The van der Waals surface area contributed by atoms with Crippen LogP contribution in [0.4, 0.5) is 5.13 Å². The average molecular weight is 419 g/mol. The van der Waals surface area contributed by atoms with Crippen LogP contribution in [0.1, 0.15) is 6.42 Å². The minimum absolute atomic E-state index is 0.0111. The fraction of sp³-hybridized carbons (Fsp3) is 0.278. The van der Waals surface area contributed by atoms with Gasteiger partial charge in [-0.15, -0.1) is 11.3 Å². The van der Waals surface area contributed by atoms with Gasteiger partial charge in [0.15, 0.2) is 5.13 Å². The first-order valence-corrected chi connectivity index (χ1v) is 9.63. The molecule has 1 fully saturated rings. The van der Waals surface area contributed by atoms with Gasteiger partial charge in [-0.25, -0.2) is 4.98 Å². The number of hydrogen-bond acceptors (Lipinski definition) is 4. The topological polar surface area (TPSA) is 79.3 Å². The molecule has 0 saturated heterocycles. The molecule has 2 N–H and O–H groups in total. The van der Waals surface area contributed by atoms with E-state index in [1.54, 1.807) is 0 Å². The van der Waals surface area contributed by atoms with Crippen LogP contribution >= 0.6 is 27.3 Å². The number of aliphatic carboxylic acids is 1. The largest absolute Gasteiger partial charge is 0.481 e. The number of halogens is 1. The monoisotopic (exact) mass is 418 g/mol. The molecule has 0 radical (unpaired) electrons. The van der Waals surface area contributed by atoms with Crippen molar-refractivity contribution < 1.29 is 14.7 Å². The number of carboxylic acids is 1. The van der Waals surface area contributed by atoms with E-state index in [2.05, 4.69) is 26.2 Å². The normalized spacial score (nSPS) is 26.8. The Kier molecular flexibility index (Phi) is 4.21. The van der Waals surface area contributed by atoms with Gasteiger partial charge in [-0.1, -0.05) is 40.2 Å². The molecule has 25 heavy (non-hydrogen) atoms. The smallest absolute Gasteiger partial charge is 0.307 e. The number of rotatable bonds is 4. The van der Waals surface area contributed by atoms with E-state index in [-0.39, 0.29) is 17.7 Å². The molecule has 128 valence electrons. The zero-order chi connectivity index (χ0) is 17.6. The van der Waals surface area contributed by atoms with E-state index in [4.69, 9.17) is 0 Å². The maximum Gasteiger partial charge on any atom is 0.307 e. The van der Waals surface area contributed by atoms with E-state index < -0.39 is 17.8 Å². The molecule has 2 aromatic rings. The number of fused-ring (bicyclic) bond motifs is 2. The van der Waals surface area contributed by atoms with E-state index in [9.17, 15) is 14.7 Å². The zero-order valence-corrected chi connectivity index (χ0v) is 15.5. The predicted molar refractivity (Wildman–Crippen MR) is 99.2 cm³/mol. The molecule has 2 aliphatic rings. The van der Waals surface area contributed by atoms with Crippen molar-refractivity contribution in [3.05, 3.63) is 46.3 Å². The summed E-state index contributed by atoms with van der Waals surface area (Å²) in [7, 11) is 0. The van der Waals surface area contributed by atoms with Gasteiger partial charge in [-0.3, -0.25) is 9.59 Å². The molecule has 4 rings (SSSR count). The number of carbonyl (C=O) groups is 2. The van der Waals surface area contributed by atoms with Gasteiger partial charge in [0.05, 0.1) is 17.5 Å². The Morgan fingerprint density at radius 3 is 2.52 bits per heavy atom. The van der Waals surface area contributed by atoms with Crippen LogP contribution in [0, 0.1) is 23.7 Å². The van der Waals surface area contributed by atoms with Crippen LogP contribution in [0.5, 0.6) is 0 Å². The van der Waals surface area contributed by atoms with Crippen molar-refractivity contribution in [2.45, 2.75) is 6.42 Å². The molecule has 1 aromatic heterocycles. The molecule has 4 atom stereocenters. The Morgan fingerprint density at radius 1 is 1.16 bits per heavy atom. The summed E-state index contributed by atoms with van der Waals surface area (Å²) < 4.78 is 0.990. The Bertz CT molecular complexity index is 861. The first-order chi connectivity index (χ1) is 12.0. The number of carboxylic acid groups (broad SMARTS) is 1. The second-order valence-electron chi connectivity index (χ2n) is 6.37. The highest BCUT2D eigenvalue weighted by Crippen LogP contribution is 2.48. The number of nitrogens with one attached hydrogen (secondary N) is 1. The average Bonchev–Trinajstić information content (AvgIpc) is 3.30. The van der Waals surface area contributed by atoms with Gasteiger partial charge in [0.25, 0.3) is 0 Å². The summed E-state index contributed by atoms with van der Waals surface area (Å²) in [6, 6.07) is 7.77. The molecular weight excluding hydrogens is 404 g/mol. The summed E-state index contributed by atoms with van der Waals surface area (Å²) in [5, 5.41) is 14.7. The lowest BCUT2D eigenvalue weighted by Crippen LogP contribution is -2.36. The molecule has 2 bridgehead atoms. The summed E-state index contributed by atoms with van der Waals surface area (Å²) in [6.07, 6.45) is 4.66. The summed E-state index contributed by atoms with van der Waals surface area (Å²) in [5.41, 5.74) is 1.75. The van der Waals surface area contributed by atoms with Crippen molar-refractivity contribution in [2.24, 2.45) is 23.7 Å². The lowest BCUT2D eigenvalue weighted by molar-refractivity contribution is -0.146. The number of benzene rings is 1. The van der Waals surface area contributed by atoms with Crippen LogP contribution in [0.25, 0.3) is 11.3 Å². The maximum absolute atomic E-state index is 12.7. The van der Waals surface area contributed by atoms with E-state index in [1.165, 1.54) is 11.3 Å². The van der Waals surface area contributed by atoms with Gasteiger partial charge in [-0.05, 0) is 30.4 Å². The van der Waals surface area contributed by atoms with Crippen LogP contribution in [-0.4, -0.2) is 22.0 Å². The number of carbonyl (C=O) groups excluding carboxylic acids is 1. The Balaban J connectivity index is 1.51. The Hall–Kier alpha value is -1.99. The summed E-state index contributed by atoms with van der Waals surface area (Å²) in [5.74, 6) is -2.33. The molecule has 1 amide bonds. The highest BCUT2D eigenvalue weighted by molar-refractivity contribution is 9.10. The number of allylic oxidation sites excluding steroid dienone is 2. The Labute approximate surface area is 156 Å². The summed E-state index contributed by atoms with van der Waals surface area (Å²) >= 11 is 4.74. The molecule has 0 aliphatic heterocycles. The van der Waals surface area contributed by atoms with Crippen LogP contribution in [0.15, 0.2) is 46.3 Å². The van der Waals surface area contributed by atoms with Gasteiger partial charge >= 0.3 is 5.97 Å². The first kappa shape index (κ1) is 16.5. The SMILES string of the molecule is O=C(O)C1C2C=CC(C2)C1C(=O)Nc1nc(-c2ccc(Br)cc2)cs1. The quantitative estimate of drug-likeness (QED) is 0.734. The fourth-order valence-electron chi connectivity index (χ4n) is 3.79. The standard InChI is InChI=1S/C18H15BrN2O3S/c19-12-5-3-9(4-6-12)13-8-25-18(20-13)21-16(22)14-10-1-2-11(7-10)15(14)17(23)24/h1-6,8,10-11,14-15H,7H2,(H,23,24)(H,20,21,22). The number of aromatic nitrogens is 1. The first-order valence-electron chi connectivity index (χ1n) is 7.96. The number of nitrogens with zero attached hydrogens (tertiary/aromatic N) is 1. The van der Waals surface area contributed by atoms with E-state index in [0.29, 0.717) is 5.13 Å². The predicted octanol–water partition coefficient (Wildman–Crippen LogP) is 4.03. The maximum atomic E-state index is 12.7. The van der Waals surface area contributed by atoms with Crippen molar-refractivity contribution in [3.8, 4) is 11.3 Å². The molecule has 0 spiro atoms. The van der Waals surface area contributed by atoms with Gasteiger partial charge in [0, 0.05) is 15.4 Å². The lowest BCUT2D eigenvalue weighted by atomic mass is 9.82. The van der Waals surface area contributed by atoms with E-state index in [1.807, 2.05) is 41.8 Å². The van der Waals surface area contributed by atoms with Gasteiger partial charge < -0.3 is 10.4 Å². The number of anilines is 1. The van der Waals surface area contributed by atoms with Crippen molar-refractivity contribution in [3.63, 3.8) is 0 Å². The number of hydrogen-bond donors (Lipinski definition) is 2. The number of thiazole rings is 1. The van der Waals surface area contributed by atoms with Crippen molar-refractivity contribution in [1.29, 1.82) is 0 Å². The van der Waals surface area contributed by atoms with Crippen LogP contribution in [0.2, 0.25) is 0 Å². The second kappa shape index (κ2) is 6.38. The van der Waals surface area contributed by atoms with Gasteiger partial charge in [-0.2, -0.15) is 0 Å². The van der Waals surface area contributed by atoms with E-state index >= 15 is 0 Å². The molecule has 5 nitrogen and oxygen atoms in total. The van der Waals surface area contributed by atoms with Crippen molar-refractivity contribution in [2.75, 3.05) is 5.32 Å². The molecule has 1 saturated carbocycles.